The van der Waals surface area contributed by atoms with E-state index in [4.69, 9.17) is 33.9 Å². The number of thiazole rings is 1. The third-order valence-electron chi connectivity index (χ3n) is 6.16. The molecule has 5 heterocycles. The first kappa shape index (κ1) is 29.5. The Hall–Kier alpha value is -4.00. The van der Waals surface area contributed by atoms with Gasteiger partial charge in [-0.2, -0.15) is 13.9 Å². The zero-order chi connectivity index (χ0) is 30.1. The lowest BCUT2D eigenvalue weighted by molar-refractivity contribution is -0.684. The standard InChI is InChI=1S/C24H23N9O5S4/c1-3-38-30-15(18-29-24(26)42-31-18)19(35)27-16-21(36)33-17(23(37)39)12(9-40-22(16)33)20-28-14(10(2)41-20)11-4-6-32(7-5-11)8-13(25)34/h4-7,16,22H,3,8-9H2,1-2H3,(H5-,25,26,27,29,31,34,35,37,39)/b30-15-/t16-,22-/m1/s1. The first-order valence-corrected chi connectivity index (χ1v) is 15.4. The summed E-state index contributed by atoms with van der Waals surface area (Å²) in [5.41, 5.74) is 12.8. The number of hydrogen-bond donors (Lipinski definition) is 3. The van der Waals surface area contributed by atoms with Gasteiger partial charge in [-0.1, -0.05) is 5.16 Å². The summed E-state index contributed by atoms with van der Waals surface area (Å²) in [7, 11) is 0. The Bertz CT molecular complexity index is 1650. The zero-order valence-corrected chi connectivity index (χ0v) is 25.4. The Morgan fingerprint density at radius 2 is 2.02 bits per heavy atom. The van der Waals surface area contributed by atoms with E-state index in [0.29, 0.717) is 22.0 Å². The fourth-order valence-corrected chi connectivity index (χ4v) is 7.39. The van der Waals surface area contributed by atoms with Gasteiger partial charge in [-0.25, -0.2) is 4.98 Å². The van der Waals surface area contributed by atoms with Gasteiger partial charge in [-0.15, -0.1) is 23.1 Å². The lowest BCUT2D eigenvalue weighted by Crippen LogP contribution is -2.70. The summed E-state index contributed by atoms with van der Waals surface area (Å²) < 4.78 is 5.66. The average Bonchev–Trinajstić information content (AvgIpc) is 3.56. The van der Waals surface area contributed by atoms with Gasteiger partial charge in [0, 0.05) is 45.4 Å². The summed E-state index contributed by atoms with van der Waals surface area (Å²) in [6, 6.07) is 2.69. The minimum absolute atomic E-state index is 0.0250. The van der Waals surface area contributed by atoms with Crippen LogP contribution in [-0.2, 0) is 43.2 Å². The van der Waals surface area contributed by atoms with Crippen LogP contribution in [0.2, 0.25) is 0 Å². The summed E-state index contributed by atoms with van der Waals surface area (Å²) in [6.45, 7) is 3.85. The molecule has 42 heavy (non-hydrogen) atoms. The molecule has 18 heteroatoms. The predicted molar refractivity (Wildman–Crippen MR) is 158 cm³/mol. The van der Waals surface area contributed by atoms with Crippen molar-refractivity contribution in [2.75, 3.05) is 18.1 Å². The SMILES string of the molecule is CCO/N=C(\C(=O)N[C@@H]1C(=O)N2C(C(=O)[S-])=C(c3nc(-c4cc[n+](CC(N)=O)cc4)c(C)s3)CS[C@H]12)c1nsc(N)n1. The van der Waals surface area contributed by atoms with E-state index in [1.807, 2.05) is 19.1 Å². The second kappa shape index (κ2) is 12.1. The largest absolute Gasteiger partial charge is 0.735 e. The minimum Gasteiger partial charge on any atom is -0.735 e. The molecule has 0 aromatic carbocycles. The first-order chi connectivity index (χ1) is 20.1. The van der Waals surface area contributed by atoms with Crippen LogP contribution in [0.5, 0.6) is 0 Å². The summed E-state index contributed by atoms with van der Waals surface area (Å²) in [6.07, 6.45) is 3.46. The number of carbonyl (C=O) groups is 4. The van der Waals surface area contributed by atoms with Gasteiger partial charge in [0.05, 0.1) is 16.5 Å². The number of nitrogens with two attached hydrogens (primary N) is 2. The van der Waals surface area contributed by atoms with Crippen LogP contribution < -0.4 is 21.4 Å². The molecule has 3 aromatic rings. The van der Waals surface area contributed by atoms with Crippen LogP contribution in [0.25, 0.3) is 16.8 Å². The summed E-state index contributed by atoms with van der Waals surface area (Å²) in [5, 5.41) is 5.90. The highest BCUT2D eigenvalue weighted by Gasteiger charge is 2.53. The number of carbonyl (C=O) groups excluding carboxylic acids is 4. The number of nitrogens with zero attached hydrogens (tertiary/aromatic N) is 6. The van der Waals surface area contributed by atoms with Crippen molar-refractivity contribution in [3.8, 4) is 11.3 Å². The van der Waals surface area contributed by atoms with Crippen molar-refractivity contribution in [1.82, 2.24) is 24.6 Å². The lowest BCUT2D eigenvalue weighted by Gasteiger charge is -2.50. The molecule has 5 N–H and O–H groups in total. The molecule has 1 saturated heterocycles. The van der Waals surface area contributed by atoms with E-state index in [-0.39, 0.29) is 35.5 Å². The number of nitrogens with one attached hydrogen (secondary N) is 1. The number of oxime groups is 1. The fourth-order valence-electron chi connectivity index (χ4n) is 4.32. The quantitative estimate of drug-likeness (QED) is 0.0878. The summed E-state index contributed by atoms with van der Waals surface area (Å²) >= 11 is 8.69. The Labute approximate surface area is 256 Å². The number of anilines is 1. The Morgan fingerprint density at radius 3 is 2.64 bits per heavy atom. The van der Waals surface area contributed by atoms with Gasteiger partial charge >= 0.3 is 0 Å². The highest BCUT2D eigenvalue weighted by molar-refractivity contribution is 8.00. The second-order valence-corrected chi connectivity index (χ2v) is 12.4. The Kier molecular flexibility index (Phi) is 8.48. The number of pyridine rings is 1. The van der Waals surface area contributed by atoms with Crippen LogP contribution in [0.3, 0.4) is 0 Å². The normalized spacial score (nSPS) is 18.4. The Balaban J connectivity index is 1.38. The Morgan fingerprint density at radius 1 is 1.29 bits per heavy atom. The molecule has 0 saturated carbocycles. The first-order valence-electron chi connectivity index (χ1n) is 12.3. The van der Waals surface area contributed by atoms with E-state index >= 15 is 0 Å². The lowest BCUT2D eigenvalue weighted by atomic mass is 10.0. The van der Waals surface area contributed by atoms with E-state index in [0.717, 1.165) is 22.0 Å². The van der Waals surface area contributed by atoms with E-state index in [1.54, 1.807) is 23.9 Å². The topological polar surface area (TPSA) is 200 Å². The van der Waals surface area contributed by atoms with E-state index in [2.05, 4.69) is 19.8 Å². The van der Waals surface area contributed by atoms with Gasteiger partial charge in [0.15, 0.2) is 17.5 Å². The number of thioether (sulfide) groups is 1. The highest BCUT2D eigenvalue weighted by atomic mass is 32.2. The highest BCUT2D eigenvalue weighted by Crippen LogP contribution is 2.45. The van der Waals surface area contributed by atoms with Gasteiger partial charge in [0.25, 0.3) is 17.7 Å². The van der Waals surface area contributed by atoms with Gasteiger partial charge in [0.1, 0.15) is 23.0 Å². The van der Waals surface area contributed by atoms with Crippen molar-refractivity contribution in [2.45, 2.75) is 31.8 Å². The van der Waals surface area contributed by atoms with Crippen LogP contribution in [-0.4, -0.2) is 71.6 Å². The molecule has 0 unspecified atom stereocenters. The van der Waals surface area contributed by atoms with Crippen LogP contribution in [0.1, 0.15) is 22.6 Å². The van der Waals surface area contributed by atoms with Crippen molar-refractivity contribution >= 4 is 86.5 Å². The van der Waals surface area contributed by atoms with Crippen molar-refractivity contribution in [1.29, 1.82) is 0 Å². The van der Waals surface area contributed by atoms with Gasteiger partial charge in [-0.3, -0.25) is 19.3 Å². The number of β-lactam (4-membered cyclic amide) rings is 1. The van der Waals surface area contributed by atoms with Crippen molar-refractivity contribution in [3.63, 3.8) is 0 Å². The van der Waals surface area contributed by atoms with Crippen molar-refractivity contribution < 1.29 is 28.6 Å². The van der Waals surface area contributed by atoms with Crippen LogP contribution in [0.15, 0.2) is 35.4 Å². The molecule has 1 fully saturated rings. The van der Waals surface area contributed by atoms with Crippen LogP contribution >= 0.6 is 34.6 Å². The molecule has 3 amide bonds. The molecule has 3 aromatic heterocycles. The number of fused-ring (bicyclic) bond motifs is 1. The van der Waals surface area contributed by atoms with E-state index in [9.17, 15) is 19.2 Å². The average molecular weight is 646 g/mol. The summed E-state index contributed by atoms with van der Waals surface area (Å²) in [5.74, 6) is -1.36. The van der Waals surface area contributed by atoms with Gasteiger partial charge < -0.3 is 39.0 Å². The predicted octanol–water partition coefficient (Wildman–Crippen LogP) is -0.0497. The van der Waals surface area contributed by atoms with Gasteiger partial charge in [0.2, 0.25) is 18.1 Å². The molecule has 2 aliphatic rings. The van der Waals surface area contributed by atoms with Gasteiger partial charge in [-0.05, 0) is 13.8 Å². The molecular formula is C24H23N9O5S4. The molecule has 0 spiro atoms. The third-order valence-corrected chi connectivity index (χ3v) is 9.21. The molecular weight excluding hydrogens is 623 g/mol. The molecule has 5 rings (SSSR count). The molecule has 218 valence electrons. The zero-order valence-electron chi connectivity index (χ0n) is 22.1. The van der Waals surface area contributed by atoms with Crippen LogP contribution in [0.4, 0.5) is 5.13 Å². The fraction of sp³-hybridized carbons (Fsp3) is 0.292. The number of hydrogen-bond acceptors (Lipinski definition) is 14. The number of aromatic nitrogens is 4. The maximum atomic E-state index is 13.3. The molecule has 0 radical (unpaired) electrons. The third kappa shape index (κ3) is 5.69. The molecule has 0 bridgehead atoms. The second-order valence-electron chi connectivity index (χ2n) is 8.94. The number of primary amides is 1. The monoisotopic (exact) mass is 645 g/mol. The van der Waals surface area contributed by atoms with Crippen molar-refractivity contribution in [3.05, 3.63) is 45.9 Å². The molecule has 14 nitrogen and oxygen atoms in total. The summed E-state index contributed by atoms with van der Waals surface area (Å²) in [4.78, 5) is 66.3. The molecule has 2 aliphatic heterocycles. The number of amides is 3. The van der Waals surface area contributed by atoms with E-state index in [1.165, 1.54) is 28.0 Å². The smallest absolute Gasteiger partial charge is 0.283 e. The molecule has 2 atom stereocenters. The maximum absolute atomic E-state index is 13.3. The number of nitrogen functional groups attached to an aromatic ring is 1. The van der Waals surface area contributed by atoms with Crippen LogP contribution in [0, 0.1) is 6.92 Å². The number of rotatable bonds is 10. The van der Waals surface area contributed by atoms with E-state index < -0.39 is 34.3 Å². The van der Waals surface area contributed by atoms with Crippen molar-refractivity contribution in [2.24, 2.45) is 10.9 Å². The number of aryl methyl sites for hydroxylation is 1. The molecule has 0 aliphatic carbocycles. The maximum Gasteiger partial charge on any atom is 0.283 e. The minimum atomic E-state index is -0.943.